The van der Waals surface area contributed by atoms with E-state index >= 15 is 0 Å². The maximum Gasteiger partial charge on any atom is 0.316 e. The lowest BCUT2D eigenvalue weighted by molar-refractivity contribution is -0.142. The Morgan fingerprint density at radius 2 is 1.75 bits per heavy atom. The van der Waals surface area contributed by atoms with E-state index in [9.17, 15) is 4.79 Å². The molecule has 28 heavy (non-hydrogen) atoms. The summed E-state index contributed by atoms with van der Waals surface area (Å²) >= 11 is 0. The lowest BCUT2D eigenvalue weighted by Crippen LogP contribution is -2.25. The van der Waals surface area contributed by atoms with Crippen LogP contribution >= 0.6 is 0 Å². The molecular weight excluding hydrogens is 354 g/mol. The summed E-state index contributed by atoms with van der Waals surface area (Å²) in [5.41, 5.74) is 2.49. The number of carbonyl (C=O) groups excluding carboxylic acids is 1. The highest BCUT2D eigenvalue weighted by molar-refractivity contribution is 5.78. The Kier molecular flexibility index (Phi) is 5.44. The molecule has 0 fully saturated rings. The first kappa shape index (κ1) is 19.5. The van der Waals surface area contributed by atoms with Gasteiger partial charge in [-0.2, -0.15) is 4.80 Å². The normalized spacial score (nSPS) is 11.3. The van der Waals surface area contributed by atoms with E-state index in [4.69, 9.17) is 4.74 Å². The van der Waals surface area contributed by atoms with Gasteiger partial charge in [-0.05, 0) is 61.9 Å². The van der Waals surface area contributed by atoms with Gasteiger partial charge in [-0.25, -0.2) is 0 Å². The molecule has 0 bridgehead atoms. The highest BCUT2D eigenvalue weighted by Gasteiger charge is 2.23. The van der Waals surface area contributed by atoms with E-state index in [1.807, 2.05) is 59.1 Å². The van der Waals surface area contributed by atoms with Crippen LogP contribution in [0.15, 0.2) is 48.5 Å². The summed E-state index contributed by atoms with van der Waals surface area (Å²) in [7, 11) is 4.01. The predicted octanol–water partition coefficient (Wildman–Crippen LogP) is 3.41. The molecule has 1 heterocycles. The van der Waals surface area contributed by atoms with Gasteiger partial charge >= 0.3 is 5.97 Å². The van der Waals surface area contributed by atoms with Gasteiger partial charge in [0, 0.05) is 25.3 Å². The van der Waals surface area contributed by atoms with E-state index in [1.165, 1.54) is 0 Å². The minimum Gasteiger partial charge on any atom is -0.426 e. The second-order valence-corrected chi connectivity index (χ2v) is 7.83. The van der Waals surface area contributed by atoms with E-state index in [2.05, 4.69) is 32.4 Å². The summed E-state index contributed by atoms with van der Waals surface area (Å²) in [6.07, 6.45) is 0. The van der Waals surface area contributed by atoms with Crippen molar-refractivity contribution < 1.29 is 9.53 Å². The van der Waals surface area contributed by atoms with Crippen molar-refractivity contribution in [1.82, 2.24) is 20.2 Å². The van der Waals surface area contributed by atoms with Crippen LogP contribution in [-0.4, -0.2) is 40.3 Å². The van der Waals surface area contributed by atoms with E-state index in [1.54, 1.807) is 16.9 Å². The van der Waals surface area contributed by atoms with Crippen molar-refractivity contribution >= 4 is 11.7 Å². The predicted molar refractivity (Wildman–Crippen MR) is 108 cm³/mol. The molecule has 0 amide bonds. The quantitative estimate of drug-likeness (QED) is 0.500. The third-order valence-corrected chi connectivity index (χ3v) is 4.17. The Bertz CT molecular complexity index is 955. The molecule has 0 N–H and O–H groups in total. The molecule has 1 aromatic heterocycles. The van der Waals surface area contributed by atoms with E-state index < -0.39 is 5.41 Å². The fraction of sp³-hybridized carbons (Fsp3) is 0.333. The van der Waals surface area contributed by atoms with Crippen LogP contribution in [0.25, 0.3) is 11.4 Å². The Balaban J connectivity index is 1.73. The zero-order chi connectivity index (χ0) is 20.3. The van der Waals surface area contributed by atoms with Gasteiger partial charge in [0.1, 0.15) is 5.75 Å². The second-order valence-electron chi connectivity index (χ2n) is 7.83. The van der Waals surface area contributed by atoms with Gasteiger partial charge in [0.2, 0.25) is 5.82 Å². The Morgan fingerprint density at radius 3 is 2.39 bits per heavy atom. The zero-order valence-electron chi connectivity index (χ0n) is 16.9. The van der Waals surface area contributed by atoms with Crippen molar-refractivity contribution in [3.05, 3.63) is 54.1 Å². The molecule has 0 spiro atoms. The minimum atomic E-state index is -0.550. The molecule has 0 atom stereocenters. The monoisotopic (exact) mass is 379 g/mol. The Hall–Kier alpha value is -3.22. The van der Waals surface area contributed by atoms with Gasteiger partial charge < -0.3 is 9.64 Å². The van der Waals surface area contributed by atoms with Crippen LogP contribution < -0.4 is 9.64 Å². The van der Waals surface area contributed by atoms with E-state index in [-0.39, 0.29) is 5.97 Å². The lowest BCUT2D eigenvalue weighted by atomic mass is 9.97. The first-order chi connectivity index (χ1) is 13.2. The van der Waals surface area contributed by atoms with Crippen LogP contribution in [-0.2, 0) is 11.3 Å². The number of carbonyl (C=O) groups is 1. The number of hydrogen-bond donors (Lipinski definition) is 0. The fourth-order valence-electron chi connectivity index (χ4n) is 2.59. The molecular formula is C21H25N5O2. The molecule has 0 aliphatic rings. The highest BCUT2D eigenvalue weighted by Crippen LogP contribution is 2.23. The molecule has 0 unspecified atom stereocenters. The molecule has 0 saturated heterocycles. The number of esters is 1. The molecule has 0 aliphatic heterocycles. The van der Waals surface area contributed by atoms with Crippen molar-refractivity contribution in [3.8, 4) is 17.1 Å². The SMILES string of the molecule is CN(C)c1ccccc1Cn1nnc(-c2ccc(OC(=O)C(C)(C)C)cc2)n1. The highest BCUT2D eigenvalue weighted by atomic mass is 16.5. The van der Waals surface area contributed by atoms with Gasteiger partial charge in [-0.15, -0.1) is 10.2 Å². The molecule has 0 saturated carbocycles. The smallest absolute Gasteiger partial charge is 0.316 e. The number of benzene rings is 2. The van der Waals surface area contributed by atoms with Crippen LogP contribution in [0.5, 0.6) is 5.75 Å². The summed E-state index contributed by atoms with van der Waals surface area (Å²) < 4.78 is 5.38. The molecule has 2 aromatic carbocycles. The lowest BCUT2D eigenvalue weighted by Gasteiger charge is -2.16. The van der Waals surface area contributed by atoms with Crippen LogP contribution in [0.4, 0.5) is 5.69 Å². The van der Waals surface area contributed by atoms with Gasteiger partial charge in [0.25, 0.3) is 0 Å². The number of rotatable bonds is 5. The average molecular weight is 379 g/mol. The van der Waals surface area contributed by atoms with Gasteiger partial charge in [0.15, 0.2) is 0 Å². The third kappa shape index (κ3) is 4.54. The summed E-state index contributed by atoms with van der Waals surface area (Å²) in [5, 5.41) is 12.8. The first-order valence-electron chi connectivity index (χ1n) is 9.10. The molecule has 7 nitrogen and oxygen atoms in total. The van der Waals surface area contributed by atoms with Crippen molar-refractivity contribution in [2.24, 2.45) is 5.41 Å². The Morgan fingerprint density at radius 1 is 1.07 bits per heavy atom. The van der Waals surface area contributed by atoms with Gasteiger partial charge in [0.05, 0.1) is 12.0 Å². The Labute approximate surface area is 164 Å². The summed E-state index contributed by atoms with van der Waals surface area (Å²) in [5.74, 6) is 0.746. The average Bonchev–Trinajstić information content (AvgIpc) is 3.10. The van der Waals surface area contributed by atoms with Crippen LogP contribution in [0, 0.1) is 5.41 Å². The third-order valence-electron chi connectivity index (χ3n) is 4.17. The van der Waals surface area contributed by atoms with Gasteiger partial charge in [-0.3, -0.25) is 4.79 Å². The summed E-state index contributed by atoms with van der Waals surface area (Å²) in [6, 6.07) is 15.2. The largest absolute Gasteiger partial charge is 0.426 e. The molecule has 3 aromatic rings. The molecule has 7 heteroatoms. The second kappa shape index (κ2) is 7.80. The number of para-hydroxylation sites is 1. The molecule has 0 radical (unpaired) electrons. The topological polar surface area (TPSA) is 73.1 Å². The number of nitrogens with zero attached hydrogens (tertiary/aromatic N) is 5. The van der Waals surface area contributed by atoms with Gasteiger partial charge in [-0.1, -0.05) is 18.2 Å². The van der Waals surface area contributed by atoms with Crippen LogP contribution in [0.2, 0.25) is 0 Å². The van der Waals surface area contributed by atoms with Crippen molar-refractivity contribution in [2.45, 2.75) is 27.3 Å². The maximum atomic E-state index is 12.0. The van der Waals surface area contributed by atoms with E-state index in [0.29, 0.717) is 18.1 Å². The molecule has 146 valence electrons. The number of hydrogen-bond acceptors (Lipinski definition) is 6. The minimum absolute atomic E-state index is 0.274. The van der Waals surface area contributed by atoms with Crippen molar-refractivity contribution in [3.63, 3.8) is 0 Å². The van der Waals surface area contributed by atoms with E-state index in [0.717, 1.165) is 16.8 Å². The molecule has 0 aliphatic carbocycles. The van der Waals surface area contributed by atoms with Crippen LogP contribution in [0.1, 0.15) is 26.3 Å². The number of anilines is 1. The summed E-state index contributed by atoms with van der Waals surface area (Å²) in [4.78, 5) is 15.6. The van der Waals surface area contributed by atoms with Crippen LogP contribution in [0.3, 0.4) is 0 Å². The fourth-order valence-corrected chi connectivity index (χ4v) is 2.59. The zero-order valence-corrected chi connectivity index (χ0v) is 16.9. The summed E-state index contributed by atoms with van der Waals surface area (Å²) in [6.45, 7) is 5.99. The van der Waals surface area contributed by atoms with Crippen molar-refractivity contribution in [2.75, 3.05) is 19.0 Å². The first-order valence-corrected chi connectivity index (χ1v) is 9.10. The standard InChI is InChI=1S/C21H25N5O2/c1-21(2,3)20(27)28-17-12-10-15(11-13-17)19-22-24-26(23-19)14-16-8-6-7-9-18(16)25(4)5/h6-13H,14H2,1-5H3. The number of ether oxygens (including phenoxy) is 1. The number of aromatic nitrogens is 4. The number of tetrazole rings is 1. The van der Waals surface area contributed by atoms with Crippen molar-refractivity contribution in [1.29, 1.82) is 0 Å². The maximum absolute atomic E-state index is 12.0. The molecule has 3 rings (SSSR count).